The number of methoxy groups -OCH3 is 1. The Kier molecular flexibility index (Phi) is 8.56. The van der Waals surface area contributed by atoms with Crippen molar-refractivity contribution in [1.82, 2.24) is 14.9 Å². The molecule has 2 aromatic carbocycles. The van der Waals surface area contributed by atoms with E-state index in [0.717, 1.165) is 35.6 Å². The molecule has 0 unspecified atom stereocenters. The molecule has 0 bridgehead atoms. The fourth-order valence-electron chi connectivity index (χ4n) is 3.10. The molecule has 0 amide bonds. The molecular formula is C21H28IN5O2. The van der Waals surface area contributed by atoms with Gasteiger partial charge in [-0.2, -0.15) is 0 Å². The molecule has 0 radical (unpaired) electrons. The van der Waals surface area contributed by atoms with Crippen LogP contribution in [0.15, 0.2) is 47.5 Å². The summed E-state index contributed by atoms with van der Waals surface area (Å²) in [6.45, 7) is 6.06. The second-order valence-corrected chi connectivity index (χ2v) is 6.22. The van der Waals surface area contributed by atoms with Crippen molar-refractivity contribution in [3.05, 3.63) is 48.3 Å². The van der Waals surface area contributed by atoms with Gasteiger partial charge in [-0.3, -0.25) is 4.99 Å². The minimum atomic E-state index is 0. The van der Waals surface area contributed by atoms with Gasteiger partial charge in [0.25, 0.3) is 0 Å². The van der Waals surface area contributed by atoms with E-state index in [9.17, 15) is 0 Å². The van der Waals surface area contributed by atoms with E-state index < -0.39 is 0 Å². The topological polar surface area (TPSA) is 72.7 Å². The van der Waals surface area contributed by atoms with Gasteiger partial charge in [-0.25, -0.2) is 4.98 Å². The molecule has 0 spiro atoms. The fourth-order valence-corrected chi connectivity index (χ4v) is 3.10. The Morgan fingerprint density at radius 1 is 1.17 bits per heavy atom. The standard InChI is InChI=1S/C21H27N5O2.HI/c1-5-28-20-14-16(10-11-19(20)27-4)25-21(22-3)23-12-13-26-15(2)24-17-8-6-7-9-18(17)26;/h6-11,14H,5,12-13H2,1-4H3,(H2,22,23,25);1H. The van der Waals surface area contributed by atoms with E-state index in [2.05, 4.69) is 31.2 Å². The zero-order valence-corrected chi connectivity index (χ0v) is 19.6. The van der Waals surface area contributed by atoms with Crippen LogP contribution in [0, 0.1) is 6.92 Å². The largest absolute Gasteiger partial charge is 0.493 e. The maximum absolute atomic E-state index is 5.63. The molecule has 156 valence electrons. The van der Waals surface area contributed by atoms with Crippen LogP contribution in [-0.2, 0) is 6.54 Å². The van der Waals surface area contributed by atoms with Crippen molar-refractivity contribution in [1.29, 1.82) is 0 Å². The van der Waals surface area contributed by atoms with Crippen molar-refractivity contribution in [2.75, 3.05) is 32.6 Å². The summed E-state index contributed by atoms with van der Waals surface area (Å²) in [5.41, 5.74) is 3.03. The predicted octanol–water partition coefficient (Wildman–Crippen LogP) is 4.06. The Morgan fingerprint density at radius 3 is 2.69 bits per heavy atom. The highest BCUT2D eigenvalue weighted by Crippen LogP contribution is 2.30. The minimum absolute atomic E-state index is 0. The molecule has 0 aliphatic carbocycles. The molecular weight excluding hydrogens is 481 g/mol. The number of guanidine groups is 1. The number of anilines is 1. The van der Waals surface area contributed by atoms with Gasteiger partial charge in [0.1, 0.15) is 5.82 Å². The van der Waals surface area contributed by atoms with Crippen LogP contribution in [0.2, 0.25) is 0 Å². The maximum Gasteiger partial charge on any atom is 0.195 e. The van der Waals surface area contributed by atoms with Gasteiger partial charge < -0.3 is 24.7 Å². The molecule has 0 fully saturated rings. The van der Waals surface area contributed by atoms with E-state index in [1.165, 1.54) is 0 Å². The third-order valence-corrected chi connectivity index (χ3v) is 4.42. The van der Waals surface area contributed by atoms with E-state index in [1.54, 1.807) is 14.2 Å². The molecule has 3 aromatic rings. The van der Waals surface area contributed by atoms with Gasteiger partial charge in [-0.15, -0.1) is 24.0 Å². The normalized spacial score (nSPS) is 11.1. The monoisotopic (exact) mass is 509 g/mol. The summed E-state index contributed by atoms with van der Waals surface area (Å²) in [5, 5.41) is 6.64. The number of benzene rings is 2. The summed E-state index contributed by atoms with van der Waals surface area (Å²) in [6, 6.07) is 13.9. The molecule has 0 saturated carbocycles. The van der Waals surface area contributed by atoms with Crippen molar-refractivity contribution < 1.29 is 9.47 Å². The van der Waals surface area contributed by atoms with Gasteiger partial charge in [0.15, 0.2) is 17.5 Å². The second-order valence-electron chi connectivity index (χ2n) is 6.22. The lowest BCUT2D eigenvalue weighted by Crippen LogP contribution is -2.33. The van der Waals surface area contributed by atoms with Crippen LogP contribution in [-0.4, -0.2) is 42.8 Å². The number of fused-ring (bicyclic) bond motifs is 1. The van der Waals surface area contributed by atoms with Crippen LogP contribution in [0.1, 0.15) is 12.7 Å². The van der Waals surface area contributed by atoms with Crippen LogP contribution < -0.4 is 20.1 Å². The number of nitrogens with one attached hydrogen (secondary N) is 2. The Bertz CT molecular complexity index is 971. The molecule has 8 heteroatoms. The lowest BCUT2D eigenvalue weighted by atomic mass is 10.2. The molecule has 1 heterocycles. The van der Waals surface area contributed by atoms with Gasteiger partial charge in [0.2, 0.25) is 0 Å². The van der Waals surface area contributed by atoms with Crippen molar-refractivity contribution in [2.45, 2.75) is 20.4 Å². The number of hydrogen-bond acceptors (Lipinski definition) is 4. The number of imidazole rings is 1. The molecule has 0 aliphatic rings. The third-order valence-electron chi connectivity index (χ3n) is 4.42. The second kappa shape index (κ2) is 10.9. The van der Waals surface area contributed by atoms with Crippen LogP contribution >= 0.6 is 24.0 Å². The number of halogens is 1. The van der Waals surface area contributed by atoms with E-state index in [1.807, 2.05) is 50.2 Å². The molecule has 0 aliphatic heterocycles. The lowest BCUT2D eigenvalue weighted by Gasteiger charge is -2.15. The molecule has 2 N–H and O–H groups in total. The average Bonchev–Trinajstić information content (AvgIpc) is 3.03. The molecule has 3 rings (SSSR count). The number of aliphatic imine (C=N–C) groups is 1. The summed E-state index contributed by atoms with van der Waals surface area (Å²) < 4.78 is 13.2. The number of hydrogen-bond donors (Lipinski definition) is 2. The van der Waals surface area contributed by atoms with E-state index >= 15 is 0 Å². The fraction of sp³-hybridized carbons (Fsp3) is 0.333. The summed E-state index contributed by atoms with van der Waals surface area (Å²) >= 11 is 0. The van der Waals surface area contributed by atoms with Crippen LogP contribution in [0.25, 0.3) is 11.0 Å². The number of para-hydroxylation sites is 2. The van der Waals surface area contributed by atoms with Gasteiger partial charge >= 0.3 is 0 Å². The van der Waals surface area contributed by atoms with Gasteiger partial charge in [-0.1, -0.05) is 12.1 Å². The van der Waals surface area contributed by atoms with Crippen LogP contribution in [0.4, 0.5) is 5.69 Å². The number of ether oxygens (including phenoxy) is 2. The first-order chi connectivity index (χ1) is 13.7. The van der Waals surface area contributed by atoms with Crippen molar-refractivity contribution in [2.24, 2.45) is 4.99 Å². The van der Waals surface area contributed by atoms with Gasteiger partial charge in [-0.05, 0) is 38.1 Å². The van der Waals surface area contributed by atoms with Crippen molar-refractivity contribution in [3.8, 4) is 11.5 Å². The maximum atomic E-state index is 5.63. The summed E-state index contributed by atoms with van der Waals surface area (Å²) in [4.78, 5) is 8.91. The first kappa shape index (κ1) is 22.8. The number of aryl methyl sites for hydroxylation is 1. The van der Waals surface area contributed by atoms with E-state index in [0.29, 0.717) is 24.1 Å². The summed E-state index contributed by atoms with van der Waals surface area (Å²) in [5.74, 6) is 3.10. The molecule has 0 atom stereocenters. The molecule has 1 aromatic heterocycles. The van der Waals surface area contributed by atoms with E-state index in [4.69, 9.17) is 9.47 Å². The van der Waals surface area contributed by atoms with Crippen LogP contribution in [0.5, 0.6) is 11.5 Å². The van der Waals surface area contributed by atoms with Crippen molar-refractivity contribution >= 4 is 46.7 Å². The van der Waals surface area contributed by atoms with Crippen molar-refractivity contribution in [3.63, 3.8) is 0 Å². The zero-order chi connectivity index (χ0) is 19.9. The van der Waals surface area contributed by atoms with Gasteiger partial charge in [0.05, 0.1) is 24.8 Å². The molecule has 7 nitrogen and oxygen atoms in total. The summed E-state index contributed by atoms with van der Waals surface area (Å²) in [6.07, 6.45) is 0. The van der Waals surface area contributed by atoms with Gasteiger partial charge in [0, 0.05) is 31.9 Å². The van der Waals surface area contributed by atoms with Crippen LogP contribution in [0.3, 0.4) is 0 Å². The number of rotatable bonds is 7. The quantitative estimate of drug-likeness (QED) is 0.286. The Labute approximate surface area is 188 Å². The smallest absolute Gasteiger partial charge is 0.195 e. The Morgan fingerprint density at radius 2 is 1.97 bits per heavy atom. The summed E-state index contributed by atoms with van der Waals surface area (Å²) in [7, 11) is 3.38. The minimum Gasteiger partial charge on any atom is -0.493 e. The first-order valence-electron chi connectivity index (χ1n) is 9.36. The molecule has 29 heavy (non-hydrogen) atoms. The Hall–Kier alpha value is -2.49. The average molecular weight is 509 g/mol. The lowest BCUT2D eigenvalue weighted by molar-refractivity contribution is 0.311. The third kappa shape index (κ3) is 5.53. The highest BCUT2D eigenvalue weighted by atomic mass is 127. The highest BCUT2D eigenvalue weighted by Gasteiger charge is 2.08. The molecule has 0 saturated heterocycles. The predicted molar refractivity (Wildman–Crippen MR) is 129 cm³/mol. The number of nitrogens with zero attached hydrogens (tertiary/aromatic N) is 3. The highest BCUT2D eigenvalue weighted by molar-refractivity contribution is 14.0. The zero-order valence-electron chi connectivity index (χ0n) is 17.2. The first-order valence-corrected chi connectivity index (χ1v) is 9.36. The van der Waals surface area contributed by atoms with E-state index in [-0.39, 0.29) is 24.0 Å². The SMILES string of the molecule is CCOc1cc(NC(=NC)NCCn2c(C)nc3ccccc32)ccc1OC.I. The number of aromatic nitrogens is 2. The Balaban J connectivity index is 0.00000300.